The first kappa shape index (κ1) is 12.5. The smallest absolute Gasteiger partial charge is 0.0986 e. The van der Waals surface area contributed by atoms with Crippen LogP contribution in [-0.2, 0) is 16.0 Å². The van der Waals surface area contributed by atoms with Gasteiger partial charge in [-0.1, -0.05) is 0 Å². The Morgan fingerprint density at radius 3 is 2.82 bits per heavy atom. The van der Waals surface area contributed by atoms with Gasteiger partial charge in [-0.2, -0.15) is 0 Å². The first-order valence-electron chi connectivity index (χ1n) is 6.11. The largest absolute Gasteiger partial charge is 0.377 e. The molecular weight excluding hydrogens is 216 g/mol. The Bertz CT molecular complexity index is 331. The SMILES string of the molecule is CCOC1CC(NCc2ccncc2)C1OC. The van der Waals surface area contributed by atoms with Crippen LogP contribution >= 0.6 is 0 Å². The van der Waals surface area contributed by atoms with Crippen LogP contribution in [0, 0.1) is 0 Å². The van der Waals surface area contributed by atoms with Gasteiger partial charge in [0.25, 0.3) is 0 Å². The molecular formula is C13H20N2O2. The Hall–Kier alpha value is -0.970. The van der Waals surface area contributed by atoms with Crippen molar-refractivity contribution in [2.24, 2.45) is 0 Å². The Balaban J connectivity index is 1.77. The molecule has 0 amide bonds. The summed E-state index contributed by atoms with van der Waals surface area (Å²) in [7, 11) is 1.75. The predicted molar refractivity (Wildman–Crippen MR) is 65.7 cm³/mol. The zero-order valence-electron chi connectivity index (χ0n) is 10.4. The monoisotopic (exact) mass is 236 g/mol. The molecule has 1 aliphatic rings. The number of hydrogen-bond donors (Lipinski definition) is 1. The van der Waals surface area contributed by atoms with E-state index in [0.29, 0.717) is 6.04 Å². The molecule has 0 radical (unpaired) electrons. The number of hydrogen-bond acceptors (Lipinski definition) is 4. The van der Waals surface area contributed by atoms with Crippen molar-refractivity contribution < 1.29 is 9.47 Å². The van der Waals surface area contributed by atoms with Crippen molar-refractivity contribution in [1.82, 2.24) is 10.3 Å². The second kappa shape index (κ2) is 6.10. The van der Waals surface area contributed by atoms with Gasteiger partial charge in [-0.05, 0) is 31.0 Å². The highest BCUT2D eigenvalue weighted by Gasteiger charge is 2.41. The normalized spacial score (nSPS) is 27.8. The van der Waals surface area contributed by atoms with Gasteiger partial charge in [-0.25, -0.2) is 0 Å². The zero-order chi connectivity index (χ0) is 12.1. The lowest BCUT2D eigenvalue weighted by atomic mass is 9.85. The summed E-state index contributed by atoms with van der Waals surface area (Å²) in [5.41, 5.74) is 1.25. The third-order valence-electron chi connectivity index (χ3n) is 3.22. The highest BCUT2D eigenvalue weighted by molar-refractivity contribution is 5.10. The van der Waals surface area contributed by atoms with Gasteiger partial charge in [0.1, 0.15) is 0 Å². The van der Waals surface area contributed by atoms with Gasteiger partial charge >= 0.3 is 0 Å². The Morgan fingerprint density at radius 2 is 2.18 bits per heavy atom. The fourth-order valence-electron chi connectivity index (χ4n) is 2.22. The summed E-state index contributed by atoms with van der Waals surface area (Å²) < 4.78 is 11.0. The lowest BCUT2D eigenvalue weighted by molar-refractivity contribution is -0.131. The van der Waals surface area contributed by atoms with Crippen LogP contribution in [0.15, 0.2) is 24.5 Å². The highest BCUT2D eigenvalue weighted by atomic mass is 16.5. The van der Waals surface area contributed by atoms with Crippen molar-refractivity contribution in [1.29, 1.82) is 0 Å². The number of nitrogens with one attached hydrogen (secondary N) is 1. The molecule has 4 heteroatoms. The lowest BCUT2D eigenvalue weighted by Gasteiger charge is -2.43. The topological polar surface area (TPSA) is 43.4 Å². The van der Waals surface area contributed by atoms with Crippen LogP contribution in [0.5, 0.6) is 0 Å². The summed E-state index contributed by atoms with van der Waals surface area (Å²) in [5.74, 6) is 0. The molecule has 1 fully saturated rings. The van der Waals surface area contributed by atoms with Gasteiger partial charge < -0.3 is 14.8 Å². The number of pyridine rings is 1. The molecule has 0 spiro atoms. The van der Waals surface area contributed by atoms with E-state index in [1.165, 1.54) is 5.56 Å². The van der Waals surface area contributed by atoms with Crippen LogP contribution in [0.2, 0.25) is 0 Å². The molecule has 2 rings (SSSR count). The number of methoxy groups -OCH3 is 1. The summed E-state index contributed by atoms with van der Waals surface area (Å²) in [6.45, 7) is 3.62. The first-order chi connectivity index (χ1) is 8.35. The molecule has 0 aromatic carbocycles. The van der Waals surface area contributed by atoms with E-state index in [1.54, 1.807) is 7.11 Å². The molecule has 0 aliphatic heterocycles. The zero-order valence-corrected chi connectivity index (χ0v) is 10.4. The van der Waals surface area contributed by atoms with Crippen LogP contribution in [0.25, 0.3) is 0 Å². The Morgan fingerprint density at radius 1 is 1.41 bits per heavy atom. The maximum Gasteiger partial charge on any atom is 0.0986 e. The summed E-state index contributed by atoms with van der Waals surface area (Å²) >= 11 is 0. The van der Waals surface area contributed by atoms with Crippen LogP contribution in [0.1, 0.15) is 18.9 Å². The number of nitrogens with zero attached hydrogens (tertiary/aromatic N) is 1. The predicted octanol–water partition coefficient (Wildman–Crippen LogP) is 1.36. The average molecular weight is 236 g/mol. The van der Waals surface area contributed by atoms with Crippen molar-refractivity contribution in [3.05, 3.63) is 30.1 Å². The van der Waals surface area contributed by atoms with Crippen LogP contribution in [0.3, 0.4) is 0 Å². The van der Waals surface area contributed by atoms with E-state index in [0.717, 1.165) is 19.6 Å². The van der Waals surface area contributed by atoms with Crippen molar-refractivity contribution >= 4 is 0 Å². The summed E-state index contributed by atoms with van der Waals surface area (Å²) in [6.07, 6.45) is 5.08. The summed E-state index contributed by atoms with van der Waals surface area (Å²) in [6, 6.07) is 4.44. The average Bonchev–Trinajstić information content (AvgIpc) is 2.34. The maximum atomic E-state index is 5.59. The third-order valence-corrected chi connectivity index (χ3v) is 3.22. The molecule has 4 nitrogen and oxygen atoms in total. The summed E-state index contributed by atoms with van der Waals surface area (Å²) in [5, 5.41) is 3.49. The molecule has 94 valence electrons. The Labute approximate surface area is 102 Å². The van der Waals surface area contributed by atoms with Crippen molar-refractivity contribution in [3.63, 3.8) is 0 Å². The second-order valence-electron chi connectivity index (χ2n) is 4.27. The minimum Gasteiger partial charge on any atom is -0.377 e. The quantitative estimate of drug-likeness (QED) is 0.810. The van der Waals surface area contributed by atoms with Gasteiger partial charge in [0.15, 0.2) is 0 Å². The fraction of sp³-hybridized carbons (Fsp3) is 0.615. The van der Waals surface area contributed by atoms with E-state index in [4.69, 9.17) is 9.47 Å². The van der Waals surface area contributed by atoms with Crippen LogP contribution in [0.4, 0.5) is 0 Å². The standard InChI is InChI=1S/C13H20N2O2/c1-3-17-12-8-11(13(12)16-2)15-9-10-4-6-14-7-5-10/h4-7,11-13,15H,3,8-9H2,1-2H3. The van der Waals surface area contributed by atoms with Crippen molar-refractivity contribution in [2.75, 3.05) is 13.7 Å². The second-order valence-corrected chi connectivity index (χ2v) is 4.27. The first-order valence-corrected chi connectivity index (χ1v) is 6.11. The number of ether oxygens (including phenoxy) is 2. The van der Waals surface area contributed by atoms with Gasteiger partial charge in [-0.3, -0.25) is 4.98 Å². The third kappa shape index (κ3) is 3.03. The molecule has 3 atom stereocenters. The van der Waals surface area contributed by atoms with E-state index < -0.39 is 0 Å². The molecule has 1 aliphatic carbocycles. The minimum atomic E-state index is 0.178. The Kier molecular flexibility index (Phi) is 4.48. The van der Waals surface area contributed by atoms with E-state index >= 15 is 0 Å². The maximum absolute atomic E-state index is 5.59. The molecule has 1 N–H and O–H groups in total. The van der Waals surface area contributed by atoms with E-state index in [-0.39, 0.29) is 12.2 Å². The van der Waals surface area contributed by atoms with Gasteiger partial charge in [-0.15, -0.1) is 0 Å². The van der Waals surface area contributed by atoms with Crippen LogP contribution in [-0.4, -0.2) is 37.0 Å². The molecule has 1 aromatic rings. The van der Waals surface area contributed by atoms with E-state index in [2.05, 4.69) is 10.3 Å². The van der Waals surface area contributed by atoms with Crippen molar-refractivity contribution in [3.8, 4) is 0 Å². The molecule has 1 aromatic heterocycles. The van der Waals surface area contributed by atoms with Gasteiger partial charge in [0, 0.05) is 38.7 Å². The fourth-order valence-corrected chi connectivity index (χ4v) is 2.22. The molecule has 3 unspecified atom stereocenters. The van der Waals surface area contributed by atoms with E-state index in [9.17, 15) is 0 Å². The van der Waals surface area contributed by atoms with Crippen LogP contribution < -0.4 is 5.32 Å². The van der Waals surface area contributed by atoms with Crippen molar-refractivity contribution in [2.45, 2.75) is 38.1 Å². The van der Waals surface area contributed by atoms with Gasteiger partial charge in [0.2, 0.25) is 0 Å². The molecule has 1 saturated carbocycles. The molecule has 0 saturated heterocycles. The van der Waals surface area contributed by atoms with E-state index in [1.807, 2.05) is 31.5 Å². The van der Waals surface area contributed by atoms with Gasteiger partial charge in [0.05, 0.1) is 12.2 Å². The highest BCUT2D eigenvalue weighted by Crippen LogP contribution is 2.27. The number of aromatic nitrogens is 1. The lowest BCUT2D eigenvalue weighted by Crippen LogP contribution is -2.59. The number of rotatable bonds is 6. The molecule has 1 heterocycles. The summed E-state index contributed by atoms with van der Waals surface area (Å²) in [4.78, 5) is 4.00. The minimum absolute atomic E-state index is 0.178. The molecule has 0 bridgehead atoms. The molecule has 17 heavy (non-hydrogen) atoms.